The van der Waals surface area contributed by atoms with Gasteiger partial charge in [0.05, 0.1) is 6.04 Å². The second kappa shape index (κ2) is 8.78. The molecule has 0 radical (unpaired) electrons. The number of ketones is 1. The number of nitrogens with two attached hydrogens (primary N) is 3. The molecule has 0 bridgehead atoms. The topological polar surface area (TPSA) is 148 Å². The summed E-state index contributed by atoms with van der Waals surface area (Å²) in [5.74, 6) is -0.651. The van der Waals surface area contributed by atoms with Crippen LogP contribution >= 0.6 is 0 Å². The van der Waals surface area contributed by atoms with E-state index < -0.39 is 11.9 Å². The summed E-state index contributed by atoms with van der Waals surface area (Å²) < 4.78 is 0. The summed E-state index contributed by atoms with van der Waals surface area (Å²) in [7, 11) is 0. The third-order valence-electron chi connectivity index (χ3n) is 3.27. The number of guanidine groups is 1. The third-order valence-corrected chi connectivity index (χ3v) is 3.27. The van der Waals surface area contributed by atoms with Gasteiger partial charge in [-0.15, -0.1) is 0 Å². The SMILES string of the molecule is N=C(N)NCCCC(N)C(=O)c1ccccc1CCC(N)=O. The van der Waals surface area contributed by atoms with E-state index in [4.69, 9.17) is 22.6 Å². The van der Waals surface area contributed by atoms with Crippen LogP contribution < -0.4 is 22.5 Å². The number of nitrogens with one attached hydrogen (secondary N) is 2. The molecule has 1 rings (SSSR count). The molecule has 0 spiro atoms. The van der Waals surface area contributed by atoms with Crippen LogP contribution in [0.3, 0.4) is 0 Å². The number of benzene rings is 1. The molecule has 0 aliphatic rings. The normalized spacial score (nSPS) is 11.7. The van der Waals surface area contributed by atoms with Gasteiger partial charge in [-0.2, -0.15) is 0 Å². The van der Waals surface area contributed by atoms with E-state index in [1.807, 2.05) is 6.07 Å². The molecule has 0 heterocycles. The highest BCUT2D eigenvalue weighted by Gasteiger charge is 2.18. The molecule has 0 aliphatic heterocycles. The number of carbonyl (C=O) groups is 2. The molecule has 0 aromatic heterocycles. The average Bonchev–Trinajstić information content (AvgIpc) is 2.48. The van der Waals surface area contributed by atoms with Crippen molar-refractivity contribution in [3.05, 3.63) is 35.4 Å². The molecule has 0 fully saturated rings. The molecule has 22 heavy (non-hydrogen) atoms. The molecule has 1 atom stereocenters. The van der Waals surface area contributed by atoms with Crippen molar-refractivity contribution in [2.75, 3.05) is 6.54 Å². The van der Waals surface area contributed by atoms with Gasteiger partial charge in [-0.05, 0) is 24.8 Å². The van der Waals surface area contributed by atoms with Crippen molar-refractivity contribution >= 4 is 17.6 Å². The van der Waals surface area contributed by atoms with Gasteiger partial charge >= 0.3 is 0 Å². The Morgan fingerprint density at radius 1 is 1.23 bits per heavy atom. The molecule has 1 amide bonds. The predicted molar refractivity (Wildman–Crippen MR) is 85.4 cm³/mol. The lowest BCUT2D eigenvalue weighted by molar-refractivity contribution is -0.117. The molecule has 0 saturated heterocycles. The Morgan fingerprint density at radius 2 is 1.91 bits per heavy atom. The fourth-order valence-electron chi connectivity index (χ4n) is 2.11. The summed E-state index contributed by atoms with van der Waals surface area (Å²) >= 11 is 0. The van der Waals surface area contributed by atoms with Crippen molar-refractivity contribution in [3.63, 3.8) is 0 Å². The lowest BCUT2D eigenvalue weighted by Crippen LogP contribution is -2.34. The molecule has 1 unspecified atom stereocenters. The summed E-state index contributed by atoms with van der Waals surface area (Å²) in [5.41, 5.74) is 17.6. The van der Waals surface area contributed by atoms with Gasteiger partial charge in [0, 0.05) is 18.5 Å². The Labute approximate surface area is 129 Å². The summed E-state index contributed by atoms with van der Waals surface area (Å²) in [4.78, 5) is 23.3. The van der Waals surface area contributed by atoms with Crippen LogP contribution in [-0.4, -0.2) is 30.2 Å². The minimum atomic E-state index is -0.622. The maximum atomic E-state index is 12.4. The first kappa shape index (κ1) is 17.6. The van der Waals surface area contributed by atoms with E-state index in [9.17, 15) is 9.59 Å². The van der Waals surface area contributed by atoms with Crippen LogP contribution in [0.2, 0.25) is 0 Å². The molecule has 0 saturated carbocycles. The molecule has 1 aromatic carbocycles. The third kappa shape index (κ3) is 5.92. The van der Waals surface area contributed by atoms with E-state index >= 15 is 0 Å². The maximum Gasteiger partial charge on any atom is 0.217 e. The van der Waals surface area contributed by atoms with Crippen LogP contribution in [0.4, 0.5) is 0 Å². The number of aryl methyl sites for hydroxylation is 1. The molecule has 7 nitrogen and oxygen atoms in total. The van der Waals surface area contributed by atoms with Gasteiger partial charge in [-0.1, -0.05) is 24.3 Å². The first-order chi connectivity index (χ1) is 10.4. The van der Waals surface area contributed by atoms with Crippen molar-refractivity contribution in [1.29, 1.82) is 5.41 Å². The van der Waals surface area contributed by atoms with Crippen molar-refractivity contribution < 1.29 is 9.59 Å². The number of hydrogen-bond acceptors (Lipinski definition) is 4. The predicted octanol–water partition coefficient (Wildman–Crippen LogP) is -0.122. The van der Waals surface area contributed by atoms with Gasteiger partial charge in [0.2, 0.25) is 5.91 Å². The van der Waals surface area contributed by atoms with Gasteiger partial charge < -0.3 is 22.5 Å². The summed E-state index contributed by atoms with van der Waals surface area (Å²) in [6.07, 6.45) is 1.75. The Bertz CT molecular complexity index is 544. The highest BCUT2D eigenvalue weighted by Crippen LogP contribution is 2.14. The van der Waals surface area contributed by atoms with Gasteiger partial charge in [-0.3, -0.25) is 15.0 Å². The van der Waals surface area contributed by atoms with E-state index in [2.05, 4.69) is 5.32 Å². The lowest BCUT2D eigenvalue weighted by atomic mass is 9.94. The largest absolute Gasteiger partial charge is 0.370 e. The quantitative estimate of drug-likeness (QED) is 0.187. The highest BCUT2D eigenvalue weighted by atomic mass is 16.1. The van der Waals surface area contributed by atoms with E-state index in [1.165, 1.54) is 0 Å². The first-order valence-electron chi connectivity index (χ1n) is 7.15. The molecule has 8 N–H and O–H groups in total. The maximum absolute atomic E-state index is 12.4. The average molecular weight is 305 g/mol. The monoisotopic (exact) mass is 305 g/mol. The minimum absolute atomic E-state index is 0.100. The minimum Gasteiger partial charge on any atom is -0.370 e. The Morgan fingerprint density at radius 3 is 2.55 bits per heavy atom. The number of primary amides is 1. The lowest BCUT2D eigenvalue weighted by Gasteiger charge is -2.14. The summed E-state index contributed by atoms with van der Waals surface area (Å²) in [6.45, 7) is 0.500. The second-order valence-electron chi connectivity index (χ2n) is 5.08. The van der Waals surface area contributed by atoms with E-state index in [0.29, 0.717) is 31.4 Å². The molecular weight excluding hydrogens is 282 g/mol. The molecular formula is C15H23N5O2. The smallest absolute Gasteiger partial charge is 0.217 e. The van der Waals surface area contributed by atoms with Crippen molar-refractivity contribution in [1.82, 2.24) is 5.32 Å². The van der Waals surface area contributed by atoms with Gasteiger partial charge in [0.1, 0.15) is 0 Å². The Balaban J connectivity index is 2.63. The van der Waals surface area contributed by atoms with Crippen molar-refractivity contribution in [2.24, 2.45) is 17.2 Å². The number of amides is 1. The van der Waals surface area contributed by atoms with E-state index in [1.54, 1.807) is 18.2 Å². The molecule has 7 heteroatoms. The fraction of sp³-hybridized carbons (Fsp3) is 0.400. The zero-order valence-corrected chi connectivity index (χ0v) is 12.5. The highest BCUT2D eigenvalue weighted by molar-refractivity contribution is 6.01. The van der Waals surface area contributed by atoms with Crippen molar-refractivity contribution in [3.8, 4) is 0 Å². The van der Waals surface area contributed by atoms with E-state index in [0.717, 1.165) is 5.56 Å². The number of hydrogen-bond donors (Lipinski definition) is 5. The second-order valence-corrected chi connectivity index (χ2v) is 5.08. The standard InChI is InChI=1S/C15H23N5O2/c16-12(6-3-9-20-15(18)19)14(22)11-5-2-1-4-10(11)7-8-13(17)21/h1-2,4-5,12H,3,6-9,16H2,(H2,17,21)(H4,18,19,20). The number of carbonyl (C=O) groups excluding carboxylic acids is 2. The Kier molecular flexibility index (Phi) is 7.04. The van der Waals surface area contributed by atoms with Crippen LogP contribution in [0.25, 0.3) is 0 Å². The van der Waals surface area contributed by atoms with Crippen LogP contribution in [0.15, 0.2) is 24.3 Å². The molecule has 0 aliphatic carbocycles. The van der Waals surface area contributed by atoms with Crippen LogP contribution in [0.1, 0.15) is 35.2 Å². The zero-order valence-electron chi connectivity index (χ0n) is 12.5. The zero-order chi connectivity index (χ0) is 16.5. The molecule has 1 aromatic rings. The summed E-state index contributed by atoms with van der Waals surface area (Å²) in [5, 5.41) is 9.71. The van der Waals surface area contributed by atoms with Crippen molar-refractivity contribution in [2.45, 2.75) is 31.7 Å². The van der Waals surface area contributed by atoms with Crippen LogP contribution in [-0.2, 0) is 11.2 Å². The Hall–Kier alpha value is -2.41. The first-order valence-corrected chi connectivity index (χ1v) is 7.15. The van der Waals surface area contributed by atoms with Gasteiger partial charge in [0.15, 0.2) is 11.7 Å². The van der Waals surface area contributed by atoms with Crippen LogP contribution in [0, 0.1) is 5.41 Å². The van der Waals surface area contributed by atoms with Gasteiger partial charge in [0.25, 0.3) is 0 Å². The van der Waals surface area contributed by atoms with E-state index in [-0.39, 0.29) is 18.2 Å². The summed E-state index contributed by atoms with van der Waals surface area (Å²) in [6, 6.07) is 6.48. The fourth-order valence-corrected chi connectivity index (χ4v) is 2.11. The molecule has 120 valence electrons. The van der Waals surface area contributed by atoms with Gasteiger partial charge in [-0.25, -0.2) is 0 Å². The van der Waals surface area contributed by atoms with Crippen LogP contribution in [0.5, 0.6) is 0 Å². The number of Topliss-reactive ketones (excluding diaryl/α,β-unsaturated/α-hetero) is 1. The number of rotatable bonds is 9.